The summed E-state index contributed by atoms with van der Waals surface area (Å²) in [6, 6.07) is 7.77. The van der Waals surface area contributed by atoms with Crippen LogP contribution in [0.25, 0.3) is 0 Å². The predicted octanol–water partition coefficient (Wildman–Crippen LogP) is 3.60. The number of nitrogens with zero attached hydrogens (tertiary/aromatic N) is 1. The SMILES string of the molecule is CCC(=O)NC1CCCCC1NC(=O)c1csc(COc2ccc(C)cc2)n1. The van der Waals surface area contributed by atoms with E-state index >= 15 is 0 Å². The van der Waals surface area contributed by atoms with Crippen LogP contribution < -0.4 is 15.4 Å². The van der Waals surface area contributed by atoms with Crippen LogP contribution in [0.1, 0.15) is 60.1 Å². The zero-order chi connectivity index (χ0) is 19.9. The van der Waals surface area contributed by atoms with Gasteiger partial charge in [-0.05, 0) is 31.9 Å². The molecule has 0 saturated heterocycles. The monoisotopic (exact) mass is 401 g/mol. The molecule has 1 aliphatic carbocycles. The fourth-order valence-electron chi connectivity index (χ4n) is 3.29. The zero-order valence-corrected chi connectivity index (χ0v) is 17.2. The summed E-state index contributed by atoms with van der Waals surface area (Å²) in [6.07, 6.45) is 4.33. The predicted molar refractivity (Wildman–Crippen MR) is 110 cm³/mol. The maximum absolute atomic E-state index is 12.6. The standard InChI is InChI=1S/C21H27N3O3S/c1-3-19(25)22-16-6-4-5-7-17(16)24-21(26)18-13-28-20(23-18)12-27-15-10-8-14(2)9-11-15/h8-11,13,16-17H,3-7,12H2,1-2H3,(H,22,25)(H,24,26). The Morgan fingerprint density at radius 3 is 2.50 bits per heavy atom. The molecule has 0 spiro atoms. The molecule has 28 heavy (non-hydrogen) atoms. The lowest BCUT2D eigenvalue weighted by Gasteiger charge is -2.32. The number of aromatic nitrogens is 1. The van der Waals surface area contributed by atoms with Crippen LogP contribution in [0, 0.1) is 6.92 Å². The molecule has 150 valence electrons. The van der Waals surface area contributed by atoms with Crippen LogP contribution in [0.5, 0.6) is 5.75 Å². The first kappa shape index (κ1) is 20.3. The number of hydrogen-bond donors (Lipinski definition) is 2. The van der Waals surface area contributed by atoms with Gasteiger partial charge in [0.25, 0.3) is 5.91 Å². The van der Waals surface area contributed by atoms with Gasteiger partial charge >= 0.3 is 0 Å². The van der Waals surface area contributed by atoms with Crippen LogP contribution in [0.2, 0.25) is 0 Å². The molecule has 2 aromatic rings. The van der Waals surface area contributed by atoms with Gasteiger partial charge in [0.05, 0.1) is 0 Å². The summed E-state index contributed by atoms with van der Waals surface area (Å²) in [5, 5.41) is 8.60. The highest BCUT2D eigenvalue weighted by Gasteiger charge is 2.28. The molecule has 2 amide bonds. The maximum atomic E-state index is 12.6. The van der Waals surface area contributed by atoms with Gasteiger partial charge < -0.3 is 15.4 Å². The van der Waals surface area contributed by atoms with E-state index < -0.39 is 0 Å². The molecule has 1 fully saturated rings. The van der Waals surface area contributed by atoms with Gasteiger partial charge in [-0.25, -0.2) is 4.98 Å². The molecule has 2 atom stereocenters. The average Bonchev–Trinajstić information content (AvgIpc) is 3.18. The number of ether oxygens (including phenoxy) is 1. The second-order valence-corrected chi connectivity index (χ2v) is 8.06. The Hall–Kier alpha value is -2.41. The molecule has 1 heterocycles. The largest absolute Gasteiger partial charge is 0.486 e. The molecule has 2 N–H and O–H groups in total. The third-order valence-electron chi connectivity index (χ3n) is 4.92. The first-order valence-electron chi connectivity index (χ1n) is 9.79. The van der Waals surface area contributed by atoms with Gasteiger partial charge in [0.1, 0.15) is 23.1 Å². The highest BCUT2D eigenvalue weighted by atomic mass is 32.1. The molecule has 1 aliphatic rings. The van der Waals surface area contributed by atoms with E-state index in [0.29, 0.717) is 18.7 Å². The molecule has 7 heteroatoms. The van der Waals surface area contributed by atoms with Crippen LogP contribution in [-0.4, -0.2) is 28.9 Å². The first-order valence-corrected chi connectivity index (χ1v) is 10.7. The summed E-state index contributed by atoms with van der Waals surface area (Å²) in [7, 11) is 0. The number of aryl methyl sites for hydroxylation is 1. The lowest BCUT2D eigenvalue weighted by atomic mass is 9.90. The number of nitrogens with one attached hydrogen (secondary N) is 2. The average molecular weight is 402 g/mol. The van der Waals surface area contributed by atoms with E-state index in [1.807, 2.05) is 38.1 Å². The number of benzene rings is 1. The quantitative estimate of drug-likeness (QED) is 0.743. The van der Waals surface area contributed by atoms with Gasteiger partial charge in [-0.2, -0.15) is 0 Å². The van der Waals surface area contributed by atoms with E-state index in [4.69, 9.17) is 4.74 Å². The molecular weight excluding hydrogens is 374 g/mol. The van der Waals surface area contributed by atoms with Crippen LogP contribution in [0.3, 0.4) is 0 Å². The Morgan fingerprint density at radius 2 is 1.82 bits per heavy atom. The third kappa shape index (κ3) is 5.55. The van der Waals surface area contributed by atoms with Crippen molar-refractivity contribution < 1.29 is 14.3 Å². The second kappa shape index (κ2) is 9.68. The van der Waals surface area contributed by atoms with E-state index in [-0.39, 0.29) is 23.9 Å². The Morgan fingerprint density at radius 1 is 1.14 bits per heavy atom. The van der Waals surface area contributed by atoms with Crippen molar-refractivity contribution in [2.45, 2.75) is 64.6 Å². The van der Waals surface area contributed by atoms with Gasteiger partial charge in [0, 0.05) is 23.9 Å². The van der Waals surface area contributed by atoms with E-state index in [1.54, 1.807) is 5.38 Å². The summed E-state index contributed by atoms with van der Waals surface area (Å²) in [5.74, 6) is 0.611. The molecule has 1 aromatic heterocycles. The summed E-state index contributed by atoms with van der Waals surface area (Å²) in [6.45, 7) is 4.20. The minimum absolute atomic E-state index is 0.00636. The smallest absolute Gasteiger partial charge is 0.271 e. The van der Waals surface area contributed by atoms with E-state index in [9.17, 15) is 9.59 Å². The van der Waals surface area contributed by atoms with Crippen molar-refractivity contribution in [1.29, 1.82) is 0 Å². The lowest BCUT2D eigenvalue weighted by molar-refractivity contribution is -0.121. The molecule has 2 unspecified atom stereocenters. The van der Waals surface area contributed by atoms with Crippen LogP contribution in [0.15, 0.2) is 29.6 Å². The van der Waals surface area contributed by atoms with Gasteiger partial charge in [-0.15, -0.1) is 11.3 Å². The Labute approximate surface area is 169 Å². The van der Waals surface area contributed by atoms with Gasteiger partial charge in [0.15, 0.2) is 0 Å². The van der Waals surface area contributed by atoms with E-state index in [2.05, 4.69) is 15.6 Å². The number of carbonyl (C=O) groups excluding carboxylic acids is 2. The second-order valence-electron chi connectivity index (χ2n) is 7.12. The van der Waals surface area contributed by atoms with Crippen molar-refractivity contribution in [3.05, 3.63) is 45.9 Å². The lowest BCUT2D eigenvalue weighted by Crippen LogP contribution is -2.53. The Bertz CT molecular complexity index is 803. The maximum Gasteiger partial charge on any atom is 0.271 e. The number of carbonyl (C=O) groups is 2. The van der Waals surface area contributed by atoms with Gasteiger partial charge in [0.2, 0.25) is 5.91 Å². The van der Waals surface area contributed by atoms with Crippen molar-refractivity contribution >= 4 is 23.2 Å². The van der Waals surface area contributed by atoms with Crippen molar-refractivity contribution in [1.82, 2.24) is 15.6 Å². The molecule has 1 aromatic carbocycles. The summed E-state index contributed by atoms with van der Waals surface area (Å²) < 4.78 is 5.73. The number of amides is 2. The van der Waals surface area contributed by atoms with Crippen molar-refractivity contribution in [3.8, 4) is 5.75 Å². The highest BCUT2D eigenvalue weighted by molar-refractivity contribution is 7.09. The number of rotatable bonds is 7. The summed E-state index contributed by atoms with van der Waals surface area (Å²) >= 11 is 1.41. The topological polar surface area (TPSA) is 80.3 Å². The van der Waals surface area contributed by atoms with Gasteiger partial charge in [-0.1, -0.05) is 37.5 Å². The number of hydrogen-bond acceptors (Lipinski definition) is 5. The summed E-state index contributed by atoms with van der Waals surface area (Å²) in [5.41, 5.74) is 1.58. The molecule has 3 rings (SSSR count). The molecule has 0 aliphatic heterocycles. The molecular formula is C21H27N3O3S. The van der Waals surface area contributed by atoms with E-state index in [1.165, 1.54) is 16.9 Å². The molecule has 0 radical (unpaired) electrons. The van der Waals surface area contributed by atoms with Crippen molar-refractivity contribution in [2.75, 3.05) is 0 Å². The van der Waals surface area contributed by atoms with E-state index in [0.717, 1.165) is 36.4 Å². The third-order valence-corrected chi connectivity index (χ3v) is 5.74. The minimum Gasteiger partial charge on any atom is -0.486 e. The van der Waals surface area contributed by atoms with Crippen molar-refractivity contribution in [3.63, 3.8) is 0 Å². The molecule has 1 saturated carbocycles. The Balaban J connectivity index is 1.55. The Kier molecular flexibility index (Phi) is 7.03. The van der Waals surface area contributed by atoms with Crippen LogP contribution in [-0.2, 0) is 11.4 Å². The number of thiazole rings is 1. The van der Waals surface area contributed by atoms with Gasteiger partial charge in [-0.3, -0.25) is 9.59 Å². The zero-order valence-electron chi connectivity index (χ0n) is 16.4. The van der Waals surface area contributed by atoms with Crippen LogP contribution in [0.4, 0.5) is 0 Å². The normalized spacial score (nSPS) is 19.1. The minimum atomic E-state index is -0.194. The molecule has 6 nitrogen and oxygen atoms in total. The fourth-order valence-corrected chi connectivity index (χ4v) is 3.97. The molecule has 0 bridgehead atoms. The fraction of sp³-hybridized carbons (Fsp3) is 0.476. The highest BCUT2D eigenvalue weighted by Crippen LogP contribution is 2.20. The first-order chi connectivity index (χ1) is 13.5. The van der Waals surface area contributed by atoms with Crippen molar-refractivity contribution in [2.24, 2.45) is 0 Å². The summed E-state index contributed by atoms with van der Waals surface area (Å²) in [4.78, 5) is 28.8. The van der Waals surface area contributed by atoms with Crippen LogP contribution >= 0.6 is 11.3 Å².